The highest BCUT2D eigenvalue weighted by Gasteiger charge is 2.14. The zero-order valence-electron chi connectivity index (χ0n) is 11.8. The molecule has 1 aromatic rings. The van der Waals surface area contributed by atoms with E-state index < -0.39 is 0 Å². The summed E-state index contributed by atoms with van der Waals surface area (Å²) < 4.78 is 10.9. The van der Waals surface area contributed by atoms with Gasteiger partial charge in [-0.05, 0) is 43.2 Å². The number of methoxy groups -OCH3 is 1. The summed E-state index contributed by atoms with van der Waals surface area (Å²) in [5.74, 6) is 2.96. The second kappa shape index (κ2) is 7.65. The van der Waals surface area contributed by atoms with Crippen molar-refractivity contribution >= 4 is 11.8 Å². The molecular formula is C15H23NO2S. The van der Waals surface area contributed by atoms with E-state index in [2.05, 4.69) is 29.2 Å². The maximum atomic E-state index is 5.52. The largest absolute Gasteiger partial charge is 0.493 e. The minimum absolute atomic E-state index is 0.660. The van der Waals surface area contributed by atoms with Crippen molar-refractivity contribution in [2.75, 3.05) is 26.0 Å². The first kappa shape index (κ1) is 14.5. The Morgan fingerprint density at radius 2 is 2.26 bits per heavy atom. The number of hydrogen-bond acceptors (Lipinski definition) is 4. The second-order valence-corrected chi connectivity index (χ2v) is 6.09. The molecule has 1 heterocycles. The van der Waals surface area contributed by atoms with Crippen LogP contribution in [0.1, 0.15) is 25.3 Å². The molecule has 3 nitrogen and oxygen atoms in total. The molecule has 0 radical (unpaired) electrons. The Bertz CT molecular complexity index is 392. The van der Waals surface area contributed by atoms with Crippen LogP contribution in [0.2, 0.25) is 0 Å². The van der Waals surface area contributed by atoms with E-state index in [1.165, 1.54) is 24.2 Å². The highest BCUT2D eigenvalue weighted by molar-refractivity contribution is 8.00. The van der Waals surface area contributed by atoms with Gasteiger partial charge in [0.2, 0.25) is 0 Å². The molecule has 0 spiro atoms. The molecule has 1 aliphatic heterocycles. The van der Waals surface area contributed by atoms with Gasteiger partial charge in [0.05, 0.1) is 13.7 Å². The number of rotatable bonds is 7. The van der Waals surface area contributed by atoms with E-state index in [0.717, 1.165) is 29.8 Å². The topological polar surface area (TPSA) is 30.5 Å². The Morgan fingerprint density at radius 3 is 2.95 bits per heavy atom. The molecule has 0 aromatic heterocycles. The van der Waals surface area contributed by atoms with E-state index in [1.54, 1.807) is 7.11 Å². The molecule has 1 unspecified atom stereocenters. The molecule has 106 valence electrons. The average molecular weight is 281 g/mol. The minimum Gasteiger partial charge on any atom is -0.493 e. The average Bonchev–Trinajstić information content (AvgIpc) is 2.94. The summed E-state index contributed by atoms with van der Waals surface area (Å²) in [5.41, 5.74) is 1.24. The fourth-order valence-electron chi connectivity index (χ4n) is 2.28. The molecule has 0 amide bonds. The van der Waals surface area contributed by atoms with E-state index >= 15 is 0 Å². The van der Waals surface area contributed by atoms with Gasteiger partial charge in [-0.1, -0.05) is 6.07 Å². The van der Waals surface area contributed by atoms with Crippen LogP contribution in [0, 0.1) is 0 Å². The van der Waals surface area contributed by atoms with Crippen LogP contribution in [0.15, 0.2) is 18.2 Å². The molecule has 1 atom stereocenters. The van der Waals surface area contributed by atoms with Gasteiger partial charge in [-0.3, -0.25) is 0 Å². The summed E-state index contributed by atoms with van der Waals surface area (Å²) in [4.78, 5) is 0. The van der Waals surface area contributed by atoms with Crippen molar-refractivity contribution in [1.82, 2.24) is 5.32 Å². The summed E-state index contributed by atoms with van der Waals surface area (Å²) in [6.45, 7) is 4.63. The Kier molecular flexibility index (Phi) is 5.86. The van der Waals surface area contributed by atoms with E-state index in [9.17, 15) is 0 Å². The highest BCUT2D eigenvalue weighted by Crippen LogP contribution is 2.28. The van der Waals surface area contributed by atoms with Crippen molar-refractivity contribution in [3.05, 3.63) is 23.8 Å². The van der Waals surface area contributed by atoms with Crippen LogP contribution in [-0.2, 0) is 6.54 Å². The van der Waals surface area contributed by atoms with Gasteiger partial charge < -0.3 is 14.8 Å². The monoisotopic (exact) mass is 281 g/mol. The first-order valence-electron chi connectivity index (χ1n) is 6.95. The van der Waals surface area contributed by atoms with E-state index in [-0.39, 0.29) is 0 Å². The third kappa shape index (κ3) is 4.32. The molecule has 0 bridgehead atoms. The summed E-state index contributed by atoms with van der Waals surface area (Å²) in [5, 5.41) is 4.33. The summed E-state index contributed by atoms with van der Waals surface area (Å²) in [6.07, 6.45) is 2.72. The highest BCUT2D eigenvalue weighted by atomic mass is 32.2. The summed E-state index contributed by atoms with van der Waals surface area (Å²) in [7, 11) is 1.68. The standard InChI is InChI=1S/C15H23NO2S/c1-3-18-14-7-6-12(9-15(14)17-2)10-16-11-13-5-4-8-19-13/h6-7,9,13,16H,3-5,8,10-11H2,1-2H3. The van der Waals surface area contributed by atoms with Gasteiger partial charge in [0.15, 0.2) is 11.5 Å². The Balaban J connectivity index is 1.85. The van der Waals surface area contributed by atoms with E-state index in [1.807, 2.05) is 13.0 Å². The fourth-order valence-corrected chi connectivity index (χ4v) is 3.52. The minimum atomic E-state index is 0.660. The molecule has 19 heavy (non-hydrogen) atoms. The zero-order valence-corrected chi connectivity index (χ0v) is 12.6. The number of nitrogens with one attached hydrogen (secondary N) is 1. The number of ether oxygens (including phenoxy) is 2. The molecule has 0 saturated carbocycles. The maximum Gasteiger partial charge on any atom is 0.161 e. The van der Waals surface area contributed by atoms with E-state index in [0.29, 0.717) is 6.61 Å². The zero-order chi connectivity index (χ0) is 13.5. The van der Waals surface area contributed by atoms with Crippen LogP contribution >= 0.6 is 11.8 Å². The smallest absolute Gasteiger partial charge is 0.161 e. The Labute approximate surface area is 120 Å². The predicted octanol–water partition coefficient (Wildman–Crippen LogP) is 3.08. The van der Waals surface area contributed by atoms with Gasteiger partial charge in [-0.15, -0.1) is 0 Å². The first-order chi connectivity index (χ1) is 9.33. The van der Waals surface area contributed by atoms with Gasteiger partial charge in [-0.25, -0.2) is 0 Å². The van der Waals surface area contributed by atoms with Crippen molar-refractivity contribution in [2.24, 2.45) is 0 Å². The first-order valence-corrected chi connectivity index (χ1v) is 8.00. The molecule has 1 saturated heterocycles. The molecule has 1 fully saturated rings. The molecule has 4 heteroatoms. The van der Waals surface area contributed by atoms with Crippen molar-refractivity contribution in [1.29, 1.82) is 0 Å². The SMILES string of the molecule is CCOc1ccc(CNCC2CCCS2)cc1OC. The third-order valence-electron chi connectivity index (χ3n) is 3.25. The molecule has 0 aliphatic carbocycles. The van der Waals surface area contributed by atoms with Gasteiger partial charge in [0, 0.05) is 18.3 Å². The van der Waals surface area contributed by atoms with Crippen LogP contribution in [0.4, 0.5) is 0 Å². The van der Waals surface area contributed by atoms with Crippen molar-refractivity contribution in [3.63, 3.8) is 0 Å². The third-order valence-corrected chi connectivity index (χ3v) is 4.65. The van der Waals surface area contributed by atoms with Gasteiger partial charge in [-0.2, -0.15) is 11.8 Å². The van der Waals surface area contributed by atoms with Crippen LogP contribution in [0.25, 0.3) is 0 Å². The van der Waals surface area contributed by atoms with Crippen LogP contribution in [-0.4, -0.2) is 31.3 Å². The van der Waals surface area contributed by atoms with Crippen molar-refractivity contribution in [2.45, 2.75) is 31.6 Å². The number of thioether (sulfide) groups is 1. The maximum absolute atomic E-state index is 5.52. The molecule has 1 aliphatic rings. The summed E-state index contributed by atoms with van der Waals surface area (Å²) >= 11 is 2.09. The Hall–Kier alpha value is -0.870. The second-order valence-electron chi connectivity index (χ2n) is 4.68. The van der Waals surface area contributed by atoms with Gasteiger partial charge in [0.1, 0.15) is 0 Å². The molecular weight excluding hydrogens is 258 g/mol. The van der Waals surface area contributed by atoms with Crippen LogP contribution < -0.4 is 14.8 Å². The van der Waals surface area contributed by atoms with Gasteiger partial charge in [0.25, 0.3) is 0 Å². The predicted molar refractivity (Wildman–Crippen MR) is 81.3 cm³/mol. The lowest BCUT2D eigenvalue weighted by Crippen LogP contribution is -2.22. The fraction of sp³-hybridized carbons (Fsp3) is 0.600. The normalized spacial score (nSPS) is 18.5. The lowest BCUT2D eigenvalue weighted by Gasteiger charge is -2.13. The summed E-state index contributed by atoms with van der Waals surface area (Å²) in [6, 6.07) is 6.14. The number of hydrogen-bond donors (Lipinski definition) is 1. The van der Waals surface area contributed by atoms with Crippen molar-refractivity contribution in [3.8, 4) is 11.5 Å². The molecule has 1 aromatic carbocycles. The Morgan fingerprint density at radius 1 is 1.37 bits per heavy atom. The van der Waals surface area contributed by atoms with E-state index in [4.69, 9.17) is 9.47 Å². The van der Waals surface area contributed by atoms with Crippen LogP contribution in [0.3, 0.4) is 0 Å². The number of benzene rings is 1. The lowest BCUT2D eigenvalue weighted by atomic mass is 10.2. The van der Waals surface area contributed by atoms with Gasteiger partial charge >= 0.3 is 0 Å². The molecule has 1 N–H and O–H groups in total. The van der Waals surface area contributed by atoms with Crippen molar-refractivity contribution < 1.29 is 9.47 Å². The molecule has 2 rings (SSSR count). The van der Waals surface area contributed by atoms with Crippen LogP contribution in [0.5, 0.6) is 11.5 Å². The lowest BCUT2D eigenvalue weighted by molar-refractivity contribution is 0.310. The quantitative estimate of drug-likeness (QED) is 0.832.